The third kappa shape index (κ3) is 0.802. The van der Waals surface area contributed by atoms with Gasteiger partial charge in [-0.25, -0.2) is 0 Å². The zero-order valence-corrected chi connectivity index (χ0v) is 8.13. The lowest BCUT2D eigenvalue weighted by molar-refractivity contribution is -0.202. The Hall–Kier alpha value is -0.120. The first-order valence-electron chi connectivity index (χ1n) is 5.80. The number of rotatable bonds is 0. The molecule has 0 radical (unpaired) electrons. The van der Waals surface area contributed by atoms with Gasteiger partial charge in [-0.1, -0.05) is 0 Å². The molecule has 0 aromatic carbocycles. The van der Waals surface area contributed by atoms with Gasteiger partial charge in [-0.2, -0.15) is 0 Å². The molecule has 0 spiro atoms. The first-order chi connectivity index (χ1) is 6.84. The summed E-state index contributed by atoms with van der Waals surface area (Å²) in [6.45, 7) is 0.714. The Kier molecular flexibility index (Phi) is 1.45. The molecule has 14 heavy (non-hydrogen) atoms. The lowest BCUT2D eigenvalue weighted by Crippen LogP contribution is -2.49. The van der Waals surface area contributed by atoms with Gasteiger partial charge < -0.3 is 14.6 Å². The molecule has 0 amide bonds. The molecular weight excluding hydrogens is 180 g/mol. The Balaban J connectivity index is 1.74. The molecule has 2 saturated heterocycles. The van der Waals surface area contributed by atoms with E-state index in [9.17, 15) is 5.11 Å². The quantitative estimate of drug-likeness (QED) is 0.622. The van der Waals surface area contributed by atoms with Crippen molar-refractivity contribution in [3.63, 3.8) is 0 Å². The predicted octanol–water partition coefficient (Wildman–Crippen LogP) is 0.765. The minimum atomic E-state index is -0.353. The molecule has 3 nitrogen and oxygen atoms in total. The highest BCUT2D eigenvalue weighted by atomic mass is 16.7. The Morgan fingerprint density at radius 1 is 1.07 bits per heavy atom. The monoisotopic (exact) mass is 196 g/mol. The molecule has 2 aliphatic heterocycles. The van der Waals surface area contributed by atoms with E-state index in [1.54, 1.807) is 0 Å². The zero-order chi connectivity index (χ0) is 9.28. The molecule has 4 fully saturated rings. The van der Waals surface area contributed by atoms with Gasteiger partial charge in [0.15, 0.2) is 6.29 Å². The lowest BCUT2D eigenvalue weighted by atomic mass is 9.72. The van der Waals surface area contributed by atoms with Crippen LogP contribution in [0.3, 0.4) is 0 Å². The predicted molar refractivity (Wildman–Crippen MR) is 48.4 cm³/mol. The molecule has 0 aromatic heterocycles. The zero-order valence-electron chi connectivity index (χ0n) is 8.13. The van der Waals surface area contributed by atoms with Crippen LogP contribution in [0.4, 0.5) is 0 Å². The van der Waals surface area contributed by atoms with Crippen LogP contribution >= 0.6 is 0 Å². The van der Waals surface area contributed by atoms with E-state index in [2.05, 4.69) is 0 Å². The Morgan fingerprint density at radius 3 is 2.71 bits per heavy atom. The van der Waals surface area contributed by atoms with Gasteiger partial charge in [0.1, 0.15) is 6.10 Å². The molecule has 3 heteroatoms. The van der Waals surface area contributed by atoms with Crippen molar-refractivity contribution < 1.29 is 14.6 Å². The summed E-state index contributed by atoms with van der Waals surface area (Å²) in [5.74, 6) is 2.66. The fourth-order valence-electron chi connectivity index (χ4n) is 4.44. The highest BCUT2D eigenvalue weighted by Gasteiger charge is 2.60. The van der Waals surface area contributed by atoms with Crippen LogP contribution in [-0.2, 0) is 9.47 Å². The molecule has 0 aromatic rings. The van der Waals surface area contributed by atoms with E-state index in [4.69, 9.17) is 9.47 Å². The molecule has 78 valence electrons. The first-order valence-corrected chi connectivity index (χ1v) is 5.80. The largest absolute Gasteiger partial charge is 0.388 e. The summed E-state index contributed by atoms with van der Waals surface area (Å²) in [5.41, 5.74) is 0. The van der Waals surface area contributed by atoms with Crippen LogP contribution < -0.4 is 0 Å². The van der Waals surface area contributed by atoms with Crippen molar-refractivity contribution >= 4 is 0 Å². The highest BCUT2D eigenvalue weighted by molar-refractivity contribution is 5.06. The maximum atomic E-state index is 10.1. The van der Waals surface area contributed by atoms with Gasteiger partial charge in [0.25, 0.3) is 0 Å². The van der Waals surface area contributed by atoms with Crippen molar-refractivity contribution in [2.45, 2.75) is 37.8 Å². The van der Waals surface area contributed by atoms with Crippen molar-refractivity contribution in [1.82, 2.24) is 0 Å². The summed E-state index contributed by atoms with van der Waals surface area (Å²) in [6, 6.07) is 0. The minimum Gasteiger partial charge on any atom is -0.388 e. The summed E-state index contributed by atoms with van der Waals surface area (Å²) in [6.07, 6.45) is 3.64. The van der Waals surface area contributed by atoms with Crippen molar-refractivity contribution in [1.29, 1.82) is 0 Å². The number of ether oxygens (including phenoxy) is 2. The molecule has 1 N–H and O–H groups in total. The number of fused-ring (bicyclic) bond motifs is 8. The maximum absolute atomic E-state index is 10.1. The summed E-state index contributed by atoms with van der Waals surface area (Å²) in [7, 11) is 0. The van der Waals surface area contributed by atoms with Gasteiger partial charge in [0.2, 0.25) is 0 Å². The molecule has 4 rings (SSSR count). The number of hydrogen-bond donors (Lipinski definition) is 1. The highest BCUT2D eigenvalue weighted by Crippen LogP contribution is 2.58. The van der Waals surface area contributed by atoms with E-state index >= 15 is 0 Å². The first kappa shape index (κ1) is 8.08. The van der Waals surface area contributed by atoms with Crippen LogP contribution in [0.15, 0.2) is 0 Å². The summed E-state index contributed by atoms with van der Waals surface area (Å²) in [4.78, 5) is 0. The number of hydrogen-bond acceptors (Lipinski definition) is 3. The number of aliphatic hydroxyl groups excluding tert-OH is 1. The van der Waals surface area contributed by atoms with Gasteiger partial charge in [0, 0.05) is 0 Å². The minimum absolute atomic E-state index is 0.295. The molecule has 2 saturated carbocycles. The van der Waals surface area contributed by atoms with Gasteiger partial charge in [-0.3, -0.25) is 0 Å². The van der Waals surface area contributed by atoms with Gasteiger partial charge in [-0.05, 0) is 42.9 Å². The van der Waals surface area contributed by atoms with Crippen molar-refractivity contribution in [2.24, 2.45) is 23.7 Å². The third-order valence-corrected chi connectivity index (χ3v) is 4.88. The van der Waals surface area contributed by atoms with Crippen LogP contribution in [0.5, 0.6) is 0 Å². The second kappa shape index (κ2) is 2.52. The van der Waals surface area contributed by atoms with E-state index in [1.807, 2.05) is 0 Å². The van der Waals surface area contributed by atoms with Gasteiger partial charge in [0.05, 0.1) is 12.7 Å². The van der Waals surface area contributed by atoms with E-state index in [1.165, 1.54) is 19.3 Å². The summed E-state index contributed by atoms with van der Waals surface area (Å²) < 4.78 is 11.2. The van der Waals surface area contributed by atoms with Crippen molar-refractivity contribution in [3.05, 3.63) is 0 Å². The molecule has 0 unspecified atom stereocenters. The third-order valence-electron chi connectivity index (χ3n) is 4.88. The second-order valence-electron chi connectivity index (χ2n) is 5.35. The van der Waals surface area contributed by atoms with Crippen molar-refractivity contribution in [2.75, 3.05) is 6.61 Å². The molecular formula is C11H16O3. The second-order valence-corrected chi connectivity index (χ2v) is 5.35. The summed E-state index contributed by atoms with van der Waals surface area (Å²) >= 11 is 0. The van der Waals surface area contributed by atoms with Crippen LogP contribution in [0.25, 0.3) is 0 Å². The lowest BCUT2D eigenvalue weighted by Gasteiger charge is -2.41. The van der Waals surface area contributed by atoms with Crippen molar-refractivity contribution in [3.8, 4) is 0 Å². The van der Waals surface area contributed by atoms with E-state index in [-0.39, 0.29) is 12.4 Å². The fraction of sp³-hybridized carbons (Fsp3) is 1.00. The van der Waals surface area contributed by atoms with Gasteiger partial charge >= 0.3 is 0 Å². The van der Waals surface area contributed by atoms with Crippen LogP contribution in [-0.4, -0.2) is 30.2 Å². The Bertz CT molecular complexity index is 257. The molecule has 2 aliphatic carbocycles. The fourth-order valence-corrected chi connectivity index (χ4v) is 4.44. The SMILES string of the molecule is O[C@@H]1[C@@H]2OC[C@@H](O2)[C@H]2[C@H]3CC[C@H](C3)[C@@H]12. The van der Waals surface area contributed by atoms with Crippen LogP contribution in [0.2, 0.25) is 0 Å². The normalized spacial score (nSPS) is 64.5. The topological polar surface area (TPSA) is 38.7 Å². The number of aliphatic hydroxyl groups is 1. The average Bonchev–Trinajstić information content (AvgIpc) is 2.89. The summed E-state index contributed by atoms with van der Waals surface area (Å²) in [5, 5.41) is 10.1. The maximum Gasteiger partial charge on any atom is 0.184 e. The molecule has 2 heterocycles. The van der Waals surface area contributed by atoms with E-state index < -0.39 is 0 Å². The Morgan fingerprint density at radius 2 is 1.86 bits per heavy atom. The molecule has 7 atom stereocenters. The van der Waals surface area contributed by atoms with E-state index in [0.29, 0.717) is 24.5 Å². The average molecular weight is 196 g/mol. The smallest absolute Gasteiger partial charge is 0.184 e. The molecule has 4 bridgehead atoms. The Labute approximate surface area is 83.4 Å². The van der Waals surface area contributed by atoms with Crippen LogP contribution in [0, 0.1) is 23.7 Å². The van der Waals surface area contributed by atoms with E-state index in [0.717, 1.165) is 11.8 Å². The standard InChI is InChI=1S/C11H16O3/c12-10-9-6-2-1-5(3-6)8(9)7-4-13-11(10)14-7/h5-12H,1-4H2/t5-,6+,7+,8+,9+,10-,11+/m0/s1. The van der Waals surface area contributed by atoms with Crippen LogP contribution in [0.1, 0.15) is 19.3 Å². The van der Waals surface area contributed by atoms with Gasteiger partial charge in [-0.15, -0.1) is 0 Å². The molecule has 4 aliphatic rings.